The molecule has 230 valence electrons. The van der Waals surface area contributed by atoms with Gasteiger partial charge in [0.15, 0.2) is 0 Å². The van der Waals surface area contributed by atoms with Crippen LogP contribution in [0.1, 0.15) is 39.5 Å². The standard InChI is InChI=1S/C15H21N3O4.C15H23N3O2/c1-11(19)17(2)13-3-4-14(15(9-13)18(20)21)16-10-12-5-7-22-8-6-12;1-11(19)18(2)13-3-4-15(14(16)9-13)17-10-12-5-7-20-8-6-12/h3-4,9,12,16H,5-8,10H2,1-2H3;3-4,9,12,17H,5-8,10,16H2,1-2H3. The van der Waals surface area contributed by atoms with E-state index < -0.39 is 4.92 Å². The zero-order valence-corrected chi connectivity index (χ0v) is 25.1. The Morgan fingerprint density at radius 1 is 0.833 bits per heavy atom. The van der Waals surface area contributed by atoms with E-state index in [9.17, 15) is 19.7 Å². The summed E-state index contributed by atoms with van der Waals surface area (Å²) in [5.74, 6) is 0.931. The van der Waals surface area contributed by atoms with Crippen LogP contribution in [0, 0.1) is 22.0 Å². The molecular formula is C30H44N6O6. The number of anilines is 5. The second kappa shape index (κ2) is 15.9. The van der Waals surface area contributed by atoms with E-state index in [0.29, 0.717) is 35.4 Å². The van der Waals surface area contributed by atoms with Gasteiger partial charge >= 0.3 is 0 Å². The lowest BCUT2D eigenvalue weighted by Crippen LogP contribution is -2.24. The summed E-state index contributed by atoms with van der Waals surface area (Å²) in [6, 6.07) is 10.5. The fourth-order valence-corrected chi connectivity index (χ4v) is 4.72. The first kappa shape index (κ1) is 32.6. The number of benzene rings is 2. The van der Waals surface area contributed by atoms with Crippen LogP contribution in [-0.4, -0.2) is 70.4 Å². The van der Waals surface area contributed by atoms with Gasteiger partial charge in [-0.15, -0.1) is 0 Å². The molecule has 2 saturated heterocycles. The second-order valence-electron chi connectivity index (χ2n) is 10.8. The first-order chi connectivity index (χ1) is 20.1. The van der Waals surface area contributed by atoms with E-state index in [1.807, 2.05) is 18.2 Å². The molecule has 0 unspecified atom stereocenters. The highest BCUT2D eigenvalue weighted by Crippen LogP contribution is 2.30. The van der Waals surface area contributed by atoms with E-state index in [0.717, 1.165) is 70.0 Å². The molecule has 0 bridgehead atoms. The van der Waals surface area contributed by atoms with Crippen LogP contribution >= 0.6 is 0 Å². The van der Waals surface area contributed by atoms with Crippen molar-refractivity contribution in [3.8, 4) is 0 Å². The van der Waals surface area contributed by atoms with Crippen molar-refractivity contribution in [3.05, 3.63) is 46.5 Å². The molecule has 2 amide bonds. The van der Waals surface area contributed by atoms with Crippen LogP contribution in [0.5, 0.6) is 0 Å². The topological polar surface area (TPSA) is 152 Å². The number of nitrogens with one attached hydrogen (secondary N) is 2. The number of hydrogen-bond donors (Lipinski definition) is 3. The van der Waals surface area contributed by atoms with Gasteiger partial charge in [0, 0.05) is 79.2 Å². The predicted molar refractivity (Wildman–Crippen MR) is 166 cm³/mol. The summed E-state index contributed by atoms with van der Waals surface area (Å²) >= 11 is 0. The van der Waals surface area contributed by atoms with Gasteiger partial charge in [-0.2, -0.15) is 0 Å². The van der Waals surface area contributed by atoms with Crippen LogP contribution in [0.2, 0.25) is 0 Å². The van der Waals surface area contributed by atoms with Gasteiger partial charge in [0.25, 0.3) is 5.69 Å². The Bertz CT molecular complexity index is 1210. The molecule has 2 heterocycles. The van der Waals surface area contributed by atoms with Gasteiger partial charge in [-0.25, -0.2) is 0 Å². The van der Waals surface area contributed by atoms with Crippen molar-refractivity contribution < 1.29 is 24.0 Å². The molecule has 0 saturated carbocycles. The van der Waals surface area contributed by atoms with E-state index in [1.165, 1.54) is 24.8 Å². The van der Waals surface area contributed by atoms with Crippen molar-refractivity contribution in [1.82, 2.24) is 0 Å². The molecule has 2 aliphatic heterocycles. The van der Waals surface area contributed by atoms with Crippen LogP contribution < -0.4 is 26.2 Å². The van der Waals surface area contributed by atoms with Gasteiger partial charge in [-0.3, -0.25) is 19.7 Å². The molecule has 4 N–H and O–H groups in total. The highest BCUT2D eigenvalue weighted by Gasteiger charge is 2.20. The minimum absolute atomic E-state index is 0.00712. The molecule has 0 spiro atoms. The minimum atomic E-state index is -0.427. The average Bonchev–Trinajstić information content (AvgIpc) is 2.99. The van der Waals surface area contributed by atoms with Crippen molar-refractivity contribution in [3.63, 3.8) is 0 Å². The van der Waals surface area contributed by atoms with Crippen LogP contribution in [0.3, 0.4) is 0 Å². The maximum Gasteiger partial charge on any atom is 0.294 e. The Labute approximate surface area is 247 Å². The zero-order chi connectivity index (χ0) is 30.6. The van der Waals surface area contributed by atoms with Crippen molar-refractivity contribution in [2.75, 3.05) is 79.8 Å². The van der Waals surface area contributed by atoms with E-state index in [1.54, 1.807) is 31.1 Å². The summed E-state index contributed by atoms with van der Waals surface area (Å²) in [5.41, 5.74) is 9.44. The Hall–Kier alpha value is -3.90. The SMILES string of the molecule is CC(=O)N(C)c1ccc(NCC2CCOCC2)c(N)c1.CC(=O)N(C)c1ccc(NCC2CCOCC2)c([N+](=O)[O-])c1. The molecule has 0 aromatic heterocycles. The number of carbonyl (C=O) groups excluding carboxylic acids is 2. The Balaban J connectivity index is 0.000000231. The molecule has 0 atom stereocenters. The third-order valence-corrected chi connectivity index (χ3v) is 7.78. The number of hydrogen-bond acceptors (Lipinski definition) is 9. The molecule has 12 nitrogen and oxygen atoms in total. The van der Waals surface area contributed by atoms with Gasteiger partial charge in [-0.05, 0) is 67.9 Å². The van der Waals surface area contributed by atoms with E-state index >= 15 is 0 Å². The third kappa shape index (κ3) is 9.59. The molecule has 2 aromatic rings. The van der Waals surface area contributed by atoms with Gasteiger partial charge in [-0.1, -0.05) is 0 Å². The number of nitrogen functional groups attached to an aromatic ring is 1. The molecule has 0 aliphatic carbocycles. The summed E-state index contributed by atoms with van der Waals surface area (Å²) in [7, 11) is 3.34. The number of amides is 2. The van der Waals surface area contributed by atoms with Gasteiger partial charge in [0.1, 0.15) is 5.69 Å². The summed E-state index contributed by atoms with van der Waals surface area (Å²) in [4.78, 5) is 36.5. The van der Waals surface area contributed by atoms with Crippen molar-refractivity contribution in [1.29, 1.82) is 0 Å². The number of nitrogens with two attached hydrogens (primary N) is 1. The second-order valence-corrected chi connectivity index (χ2v) is 10.8. The number of ether oxygens (including phenoxy) is 2. The number of nitro benzene ring substituents is 1. The summed E-state index contributed by atoms with van der Waals surface area (Å²) < 4.78 is 10.7. The molecule has 4 rings (SSSR count). The van der Waals surface area contributed by atoms with E-state index in [4.69, 9.17) is 15.2 Å². The van der Waals surface area contributed by atoms with E-state index in [2.05, 4.69) is 10.6 Å². The molecule has 2 aromatic carbocycles. The van der Waals surface area contributed by atoms with E-state index in [-0.39, 0.29) is 17.5 Å². The summed E-state index contributed by atoms with van der Waals surface area (Å²) in [6.45, 7) is 7.75. The number of rotatable bonds is 9. The molecule has 12 heteroatoms. The smallest absolute Gasteiger partial charge is 0.294 e. The van der Waals surface area contributed by atoms with Crippen molar-refractivity contribution >= 4 is 45.9 Å². The lowest BCUT2D eigenvalue weighted by molar-refractivity contribution is -0.383. The molecular weight excluding hydrogens is 540 g/mol. The minimum Gasteiger partial charge on any atom is -0.397 e. The molecule has 0 radical (unpaired) electrons. The third-order valence-electron chi connectivity index (χ3n) is 7.78. The van der Waals surface area contributed by atoms with Crippen molar-refractivity contribution in [2.24, 2.45) is 11.8 Å². The maximum atomic E-state index is 11.4. The Morgan fingerprint density at radius 3 is 1.69 bits per heavy atom. The normalized spacial score (nSPS) is 15.6. The largest absolute Gasteiger partial charge is 0.397 e. The van der Waals surface area contributed by atoms with Crippen molar-refractivity contribution in [2.45, 2.75) is 39.5 Å². The maximum absolute atomic E-state index is 11.4. The Kier molecular flexibility index (Phi) is 12.4. The van der Waals surface area contributed by atoms with Crippen LogP contribution in [0.4, 0.5) is 34.1 Å². The quantitative estimate of drug-likeness (QED) is 0.220. The average molecular weight is 585 g/mol. The first-order valence-electron chi connectivity index (χ1n) is 14.4. The number of nitro groups is 1. The zero-order valence-electron chi connectivity index (χ0n) is 25.1. The lowest BCUT2D eigenvalue weighted by Gasteiger charge is -2.23. The summed E-state index contributed by atoms with van der Waals surface area (Å²) in [6.07, 6.45) is 4.12. The fourth-order valence-electron chi connectivity index (χ4n) is 4.72. The predicted octanol–water partition coefficient (Wildman–Crippen LogP) is 4.51. The summed E-state index contributed by atoms with van der Waals surface area (Å²) in [5, 5.41) is 17.8. The van der Waals surface area contributed by atoms with Gasteiger partial charge in [0.2, 0.25) is 11.8 Å². The van der Waals surface area contributed by atoms with Crippen LogP contribution in [0.25, 0.3) is 0 Å². The molecule has 42 heavy (non-hydrogen) atoms. The monoisotopic (exact) mass is 584 g/mol. The number of nitrogens with zero attached hydrogens (tertiary/aromatic N) is 3. The number of carbonyl (C=O) groups is 2. The fraction of sp³-hybridized carbons (Fsp3) is 0.533. The molecule has 2 aliphatic rings. The molecule has 2 fully saturated rings. The highest BCUT2D eigenvalue weighted by molar-refractivity contribution is 5.92. The Morgan fingerprint density at radius 2 is 1.26 bits per heavy atom. The van der Waals surface area contributed by atoms with Gasteiger partial charge in [0.05, 0.1) is 22.0 Å². The van der Waals surface area contributed by atoms with Gasteiger partial charge < -0.3 is 35.6 Å². The first-order valence-corrected chi connectivity index (χ1v) is 14.4. The van der Waals surface area contributed by atoms with Crippen LogP contribution in [-0.2, 0) is 19.1 Å². The van der Waals surface area contributed by atoms with Crippen LogP contribution in [0.15, 0.2) is 36.4 Å². The highest BCUT2D eigenvalue weighted by atomic mass is 16.6. The lowest BCUT2D eigenvalue weighted by atomic mass is 10.0.